The van der Waals surface area contributed by atoms with Crippen LogP contribution in [0, 0.1) is 29.6 Å². The molecule has 0 aromatic carbocycles. The maximum absolute atomic E-state index is 12.7. The molecule has 170 valence electrons. The van der Waals surface area contributed by atoms with Crippen molar-refractivity contribution in [3.63, 3.8) is 0 Å². The molecule has 0 radical (unpaired) electrons. The molecule has 0 aromatic rings. The minimum Gasteiger partial charge on any atom is -0.396 e. The summed E-state index contributed by atoms with van der Waals surface area (Å²) >= 11 is 0. The number of nitrogens with one attached hydrogen (secondary N) is 2. The third-order valence-corrected chi connectivity index (χ3v) is 6.50. The number of allylic oxidation sites excluding steroid dienone is 2. The minimum atomic E-state index is -0.105. The van der Waals surface area contributed by atoms with Crippen LogP contribution >= 0.6 is 24.0 Å². The molecule has 2 fully saturated rings. The molecule has 0 aromatic heterocycles. The van der Waals surface area contributed by atoms with Gasteiger partial charge in [-0.05, 0) is 50.4 Å². The SMILES string of the molecule is CCCC(CCO)CN=C(NCC)NCCCN1C(=O)C2C3C=CC(C3)C2C1=O.I. The van der Waals surface area contributed by atoms with Crippen LogP contribution in [0.25, 0.3) is 0 Å². The number of aliphatic hydroxyl groups is 1. The van der Waals surface area contributed by atoms with Crippen molar-refractivity contribution >= 4 is 41.8 Å². The second-order valence-corrected chi connectivity index (χ2v) is 8.49. The number of carbonyl (C=O) groups excluding carboxylic acids is 2. The fourth-order valence-corrected chi connectivity index (χ4v) is 5.11. The van der Waals surface area contributed by atoms with Crippen molar-refractivity contribution in [1.82, 2.24) is 15.5 Å². The summed E-state index contributed by atoms with van der Waals surface area (Å²) in [4.78, 5) is 31.6. The van der Waals surface area contributed by atoms with Crippen LogP contribution in [0.4, 0.5) is 0 Å². The van der Waals surface area contributed by atoms with Crippen LogP contribution < -0.4 is 10.6 Å². The quantitative estimate of drug-likeness (QED) is 0.0948. The minimum absolute atomic E-state index is 0. The summed E-state index contributed by atoms with van der Waals surface area (Å²) < 4.78 is 0. The van der Waals surface area contributed by atoms with Gasteiger partial charge in [0, 0.05) is 32.8 Å². The Morgan fingerprint density at radius 1 is 1.17 bits per heavy atom. The number of aliphatic hydroxyl groups excluding tert-OH is 1. The lowest BCUT2D eigenvalue weighted by Crippen LogP contribution is -2.40. The zero-order chi connectivity index (χ0) is 20.8. The number of guanidine groups is 1. The Morgan fingerprint density at radius 2 is 1.83 bits per heavy atom. The molecule has 7 nitrogen and oxygen atoms in total. The second kappa shape index (κ2) is 12.0. The van der Waals surface area contributed by atoms with Crippen molar-refractivity contribution in [1.29, 1.82) is 0 Å². The van der Waals surface area contributed by atoms with Crippen LogP contribution in [0.3, 0.4) is 0 Å². The number of carbonyl (C=O) groups is 2. The molecule has 1 saturated heterocycles. The first-order valence-corrected chi connectivity index (χ1v) is 11.3. The van der Waals surface area contributed by atoms with E-state index in [1.807, 2.05) is 6.92 Å². The zero-order valence-corrected chi connectivity index (χ0v) is 20.5. The lowest BCUT2D eigenvalue weighted by molar-refractivity contribution is -0.140. The van der Waals surface area contributed by atoms with E-state index in [0.29, 0.717) is 32.0 Å². The summed E-state index contributed by atoms with van der Waals surface area (Å²) in [5.41, 5.74) is 0. The second-order valence-electron chi connectivity index (χ2n) is 8.49. The van der Waals surface area contributed by atoms with Crippen LogP contribution in [0.15, 0.2) is 17.1 Å². The molecule has 0 spiro atoms. The number of imide groups is 1. The van der Waals surface area contributed by atoms with Crippen LogP contribution in [-0.4, -0.2) is 60.6 Å². The standard InChI is InChI=1S/C22H36N4O3.HI/c1-3-6-15(9-12-27)14-25-22(23-4-2)24-10-5-11-26-20(28)18-16-7-8-17(13-16)19(18)21(26)29;/h7-8,15-19,27H,3-6,9-14H2,1-2H3,(H2,23,24,25);1H. The highest BCUT2D eigenvalue weighted by molar-refractivity contribution is 14.0. The molecule has 3 rings (SSSR count). The number of fused-ring (bicyclic) bond motifs is 5. The van der Waals surface area contributed by atoms with Crippen molar-refractivity contribution < 1.29 is 14.7 Å². The van der Waals surface area contributed by atoms with E-state index in [9.17, 15) is 14.7 Å². The molecule has 1 saturated carbocycles. The Labute approximate surface area is 197 Å². The Hall–Kier alpha value is -1.16. The number of amides is 2. The smallest absolute Gasteiger partial charge is 0.233 e. The van der Waals surface area contributed by atoms with E-state index in [1.165, 1.54) is 4.90 Å². The number of rotatable bonds is 11. The van der Waals surface area contributed by atoms with Gasteiger partial charge in [-0.2, -0.15) is 0 Å². The molecule has 5 unspecified atom stereocenters. The van der Waals surface area contributed by atoms with Gasteiger partial charge in [0.25, 0.3) is 0 Å². The van der Waals surface area contributed by atoms with Crippen LogP contribution in [0.2, 0.25) is 0 Å². The molecule has 8 heteroatoms. The molecule has 1 heterocycles. The molecule has 2 bridgehead atoms. The molecule has 1 aliphatic heterocycles. The largest absolute Gasteiger partial charge is 0.396 e. The number of hydrogen-bond acceptors (Lipinski definition) is 4. The fraction of sp³-hybridized carbons (Fsp3) is 0.773. The van der Waals surface area contributed by atoms with Crippen molar-refractivity contribution in [3.8, 4) is 0 Å². The van der Waals surface area contributed by atoms with E-state index >= 15 is 0 Å². The van der Waals surface area contributed by atoms with Crippen LogP contribution in [-0.2, 0) is 9.59 Å². The summed E-state index contributed by atoms with van der Waals surface area (Å²) in [5, 5.41) is 15.8. The highest BCUT2D eigenvalue weighted by atomic mass is 127. The summed E-state index contributed by atoms with van der Waals surface area (Å²) in [7, 11) is 0. The number of likely N-dealkylation sites (tertiary alicyclic amines) is 1. The van der Waals surface area contributed by atoms with Crippen molar-refractivity contribution in [3.05, 3.63) is 12.2 Å². The third kappa shape index (κ3) is 5.55. The zero-order valence-electron chi connectivity index (χ0n) is 18.2. The van der Waals surface area contributed by atoms with Crippen molar-refractivity contribution in [2.45, 2.75) is 46.0 Å². The first-order valence-electron chi connectivity index (χ1n) is 11.3. The van der Waals surface area contributed by atoms with Gasteiger partial charge in [-0.25, -0.2) is 0 Å². The molecule has 3 aliphatic rings. The van der Waals surface area contributed by atoms with E-state index in [4.69, 9.17) is 0 Å². The Morgan fingerprint density at radius 3 is 2.40 bits per heavy atom. The maximum atomic E-state index is 12.7. The number of aliphatic imine (C=N–C) groups is 1. The van der Waals surface area contributed by atoms with Gasteiger partial charge in [-0.1, -0.05) is 25.5 Å². The van der Waals surface area contributed by atoms with Gasteiger partial charge in [0.1, 0.15) is 0 Å². The van der Waals surface area contributed by atoms with Gasteiger partial charge in [-0.15, -0.1) is 24.0 Å². The number of halogens is 1. The van der Waals surface area contributed by atoms with E-state index in [0.717, 1.165) is 38.2 Å². The average molecular weight is 532 g/mol. The predicted molar refractivity (Wildman–Crippen MR) is 129 cm³/mol. The molecule has 2 amide bonds. The molecular formula is C22H37IN4O3. The van der Waals surface area contributed by atoms with Crippen molar-refractivity contribution in [2.24, 2.45) is 34.6 Å². The Bertz CT molecular complexity index is 618. The summed E-state index contributed by atoms with van der Waals surface area (Å²) in [6.07, 6.45) is 8.85. The normalized spacial score (nSPS) is 28.0. The lowest BCUT2D eigenvalue weighted by atomic mass is 9.85. The van der Waals surface area contributed by atoms with Gasteiger partial charge < -0.3 is 15.7 Å². The van der Waals surface area contributed by atoms with Gasteiger partial charge in [0.2, 0.25) is 11.8 Å². The third-order valence-electron chi connectivity index (χ3n) is 6.50. The highest BCUT2D eigenvalue weighted by Crippen LogP contribution is 2.52. The monoisotopic (exact) mass is 532 g/mol. The Balaban J connectivity index is 0.00000320. The van der Waals surface area contributed by atoms with Gasteiger partial charge in [0.15, 0.2) is 5.96 Å². The van der Waals surface area contributed by atoms with E-state index in [2.05, 4.69) is 34.7 Å². The van der Waals surface area contributed by atoms with Gasteiger partial charge in [-0.3, -0.25) is 19.5 Å². The molecule has 3 N–H and O–H groups in total. The van der Waals surface area contributed by atoms with Gasteiger partial charge >= 0.3 is 0 Å². The maximum Gasteiger partial charge on any atom is 0.233 e. The molecule has 30 heavy (non-hydrogen) atoms. The summed E-state index contributed by atoms with van der Waals surface area (Å²) in [6.45, 7) is 6.95. The molecule has 5 atom stereocenters. The number of hydrogen-bond donors (Lipinski definition) is 3. The van der Waals surface area contributed by atoms with Crippen molar-refractivity contribution in [2.75, 3.05) is 32.8 Å². The summed E-state index contributed by atoms with van der Waals surface area (Å²) in [6, 6.07) is 0. The Kier molecular flexibility index (Phi) is 10.1. The predicted octanol–water partition coefficient (Wildman–Crippen LogP) is 2.16. The summed E-state index contributed by atoms with van der Waals surface area (Å²) in [5.74, 6) is 1.54. The van der Waals surface area contributed by atoms with E-state index < -0.39 is 0 Å². The highest BCUT2D eigenvalue weighted by Gasteiger charge is 2.58. The van der Waals surface area contributed by atoms with Crippen LogP contribution in [0.1, 0.15) is 46.0 Å². The van der Waals surface area contributed by atoms with Crippen LogP contribution in [0.5, 0.6) is 0 Å². The van der Waals surface area contributed by atoms with E-state index in [-0.39, 0.29) is 66.1 Å². The molecular weight excluding hydrogens is 495 g/mol. The first kappa shape index (κ1) is 25.1. The van der Waals surface area contributed by atoms with E-state index in [1.54, 1.807) is 0 Å². The van der Waals surface area contributed by atoms with Gasteiger partial charge in [0.05, 0.1) is 11.8 Å². The first-order chi connectivity index (χ1) is 14.1. The lowest BCUT2D eigenvalue weighted by Gasteiger charge is -2.18. The average Bonchev–Trinajstić information content (AvgIpc) is 3.38. The number of nitrogens with zero attached hydrogens (tertiary/aromatic N) is 2. The fourth-order valence-electron chi connectivity index (χ4n) is 5.11. The topological polar surface area (TPSA) is 94.0 Å². The molecule has 2 aliphatic carbocycles.